The van der Waals surface area contributed by atoms with Crippen molar-refractivity contribution in [1.82, 2.24) is 20.1 Å². The van der Waals surface area contributed by atoms with Crippen molar-refractivity contribution in [3.8, 4) is 11.3 Å². The minimum absolute atomic E-state index is 0.0772. The van der Waals surface area contributed by atoms with Crippen LogP contribution in [0.15, 0.2) is 64.2 Å². The van der Waals surface area contributed by atoms with Crippen molar-refractivity contribution >= 4 is 33.3 Å². The van der Waals surface area contributed by atoms with Crippen LogP contribution in [-0.2, 0) is 0 Å². The largest absolute Gasteiger partial charge is 0.336 e. The number of fused-ring (bicyclic) bond motifs is 2. The second-order valence-electron chi connectivity index (χ2n) is 6.20. The molecule has 0 saturated carbocycles. The maximum atomic E-state index is 5.46. The Balaban J connectivity index is 1.61. The fourth-order valence-electron chi connectivity index (χ4n) is 3.18. The van der Waals surface area contributed by atoms with E-state index in [0.717, 1.165) is 33.2 Å². The van der Waals surface area contributed by atoms with Gasteiger partial charge in [-0.25, -0.2) is 9.97 Å². The Kier molecular flexibility index (Phi) is 3.50. The first-order valence-electron chi connectivity index (χ1n) is 8.28. The molecule has 0 unspecified atom stereocenters. The molecule has 5 nitrogen and oxygen atoms in total. The molecule has 26 heavy (non-hydrogen) atoms. The van der Waals surface area contributed by atoms with Crippen molar-refractivity contribution < 1.29 is 4.52 Å². The highest BCUT2D eigenvalue weighted by atomic mass is 32.1. The lowest BCUT2D eigenvalue weighted by atomic mass is 9.94. The zero-order valence-electron chi connectivity index (χ0n) is 14.0. The van der Waals surface area contributed by atoms with E-state index >= 15 is 0 Å². The Morgan fingerprint density at radius 1 is 1.08 bits per heavy atom. The monoisotopic (exact) mass is 358 g/mol. The molecule has 5 rings (SSSR count). The summed E-state index contributed by atoms with van der Waals surface area (Å²) in [5.41, 5.74) is 7.29. The fraction of sp³-hybridized carbons (Fsp3) is 0.100. The maximum absolute atomic E-state index is 5.46. The second kappa shape index (κ2) is 6.00. The van der Waals surface area contributed by atoms with Crippen molar-refractivity contribution in [1.29, 1.82) is 0 Å². The molecule has 0 fully saturated rings. The van der Waals surface area contributed by atoms with Gasteiger partial charge in [0.2, 0.25) is 0 Å². The van der Waals surface area contributed by atoms with Crippen molar-refractivity contribution in [2.24, 2.45) is 0 Å². The molecule has 1 atom stereocenters. The molecule has 0 aliphatic heterocycles. The highest BCUT2D eigenvalue weighted by Crippen LogP contribution is 2.32. The standard InChI is InChI=1S/C20H14N4OS/c1-12(13-4-5-17-14(7-13)3-2-6-21-17)19-16-8-15(18-10-26-11-23-18)9-22-20(16)25-24-19/h2-12H,1H3/t12-/m1/s1. The van der Waals surface area contributed by atoms with Crippen molar-refractivity contribution in [2.75, 3.05) is 0 Å². The van der Waals surface area contributed by atoms with E-state index in [2.05, 4.69) is 51.3 Å². The Morgan fingerprint density at radius 3 is 2.92 bits per heavy atom. The Morgan fingerprint density at radius 2 is 2.04 bits per heavy atom. The van der Waals surface area contributed by atoms with Crippen LogP contribution in [0.4, 0.5) is 0 Å². The van der Waals surface area contributed by atoms with Gasteiger partial charge >= 0.3 is 0 Å². The third-order valence-electron chi connectivity index (χ3n) is 4.62. The van der Waals surface area contributed by atoms with Gasteiger partial charge in [-0.3, -0.25) is 4.98 Å². The summed E-state index contributed by atoms with van der Waals surface area (Å²) < 4.78 is 5.46. The van der Waals surface area contributed by atoms with E-state index in [4.69, 9.17) is 4.52 Å². The van der Waals surface area contributed by atoms with Gasteiger partial charge in [-0.15, -0.1) is 11.3 Å². The third kappa shape index (κ3) is 2.46. The van der Waals surface area contributed by atoms with Crippen LogP contribution in [0.1, 0.15) is 24.1 Å². The number of rotatable bonds is 3. The number of aromatic nitrogens is 4. The molecule has 4 heterocycles. The number of hydrogen-bond donors (Lipinski definition) is 0. The van der Waals surface area contributed by atoms with Crippen LogP contribution in [0.5, 0.6) is 0 Å². The summed E-state index contributed by atoms with van der Waals surface area (Å²) >= 11 is 1.57. The number of hydrogen-bond acceptors (Lipinski definition) is 6. The van der Waals surface area contributed by atoms with Crippen LogP contribution in [0.3, 0.4) is 0 Å². The first-order valence-corrected chi connectivity index (χ1v) is 9.22. The number of benzene rings is 1. The van der Waals surface area contributed by atoms with Crippen LogP contribution in [-0.4, -0.2) is 20.1 Å². The normalized spacial score (nSPS) is 12.7. The van der Waals surface area contributed by atoms with Crippen LogP contribution in [0, 0.1) is 0 Å². The summed E-state index contributed by atoms with van der Waals surface area (Å²) in [5, 5.41) is 8.35. The molecule has 5 aromatic rings. The van der Waals surface area contributed by atoms with E-state index < -0.39 is 0 Å². The van der Waals surface area contributed by atoms with Gasteiger partial charge in [0.05, 0.1) is 22.1 Å². The van der Waals surface area contributed by atoms with Gasteiger partial charge in [0.25, 0.3) is 5.71 Å². The first-order chi connectivity index (χ1) is 12.8. The summed E-state index contributed by atoms with van der Waals surface area (Å²) in [6.07, 6.45) is 3.58. The van der Waals surface area contributed by atoms with E-state index in [-0.39, 0.29) is 5.92 Å². The molecule has 0 bridgehead atoms. The summed E-state index contributed by atoms with van der Waals surface area (Å²) in [5.74, 6) is 0.0772. The van der Waals surface area contributed by atoms with Gasteiger partial charge in [-0.2, -0.15) is 0 Å². The summed E-state index contributed by atoms with van der Waals surface area (Å²) in [7, 11) is 0. The smallest absolute Gasteiger partial charge is 0.257 e. The number of thiazole rings is 1. The average molecular weight is 358 g/mol. The lowest BCUT2D eigenvalue weighted by molar-refractivity contribution is 0.436. The highest BCUT2D eigenvalue weighted by molar-refractivity contribution is 7.07. The van der Waals surface area contributed by atoms with Gasteiger partial charge in [0.1, 0.15) is 5.69 Å². The van der Waals surface area contributed by atoms with Gasteiger partial charge in [-0.05, 0) is 29.8 Å². The molecule has 4 aromatic heterocycles. The Bertz CT molecular complexity index is 1210. The third-order valence-corrected chi connectivity index (χ3v) is 5.21. The van der Waals surface area contributed by atoms with Gasteiger partial charge in [-0.1, -0.05) is 24.2 Å². The number of pyridine rings is 2. The molecule has 126 valence electrons. The van der Waals surface area contributed by atoms with E-state index in [1.165, 1.54) is 5.56 Å². The van der Waals surface area contributed by atoms with E-state index in [1.807, 2.05) is 29.2 Å². The van der Waals surface area contributed by atoms with Crippen LogP contribution in [0.25, 0.3) is 33.3 Å². The molecule has 1 aromatic carbocycles. The quantitative estimate of drug-likeness (QED) is 0.452. The predicted molar refractivity (Wildman–Crippen MR) is 102 cm³/mol. The van der Waals surface area contributed by atoms with Crippen molar-refractivity contribution in [2.45, 2.75) is 12.8 Å². The molecule has 0 radical (unpaired) electrons. The molecule has 0 saturated heterocycles. The predicted octanol–water partition coefficient (Wildman–Crippen LogP) is 5.05. The maximum Gasteiger partial charge on any atom is 0.257 e. The minimum Gasteiger partial charge on any atom is -0.336 e. The Hall–Kier alpha value is -3.12. The average Bonchev–Trinajstić information content (AvgIpc) is 3.36. The topological polar surface area (TPSA) is 64.7 Å². The summed E-state index contributed by atoms with van der Waals surface area (Å²) in [4.78, 5) is 13.2. The minimum atomic E-state index is 0.0772. The van der Waals surface area contributed by atoms with Crippen LogP contribution < -0.4 is 0 Å². The molecule has 0 N–H and O–H groups in total. The highest BCUT2D eigenvalue weighted by Gasteiger charge is 2.19. The van der Waals surface area contributed by atoms with Crippen molar-refractivity contribution in [3.05, 3.63) is 70.9 Å². The summed E-state index contributed by atoms with van der Waals surface area (Å²) in [6.45, 7) is 2.13. The molecule has 0 amide bonds. The van der Waals surface area contributed by atoms with E-state index in [9.17, 15) is 0 Å². The second-order valence-corrected chi connectivity index (χ2v) is 6.91. The molecule has 0 aliphatic carbocycles. The van der Waals surface area contributed by atoms with E-state index in [0.29, 0.717) is 5.71 Å². The van der Waals surface area contributed by atoms with Gasteiger partial charge < -0.3 is 4.52 Å². The Labute approximate surface area is 153 Å². The first kappa shape index (κ1) is 15.2. The van der Waals surface area contributed by atoms with Crippen LogP contribution in [0.2, 0.25) is 0 Å². The lowest BCUT2D eigenvalue weighted by Gasteiger charge is -2.10. The van der Waals surface area contributed by atoms with E-state index in [1.54, 1.807) is 17.5 Å². The lowest BCUT2D eigenvalue weighted by Crippen LogP contribution is -1.97. The molecule has 0 spiro atoms. The zero-order chi connectivity index (χ0) is 17.5. The molecular weight excluding hydrogens is 344 g/mol. The summed E-state index contributed by atoms with van der Waals surface area (Å²) in [6, 6.07) is 12.4. The van der Waals surface area contributed by atoms with Crippen LogP contribution >= 0.6 is 11.3 Å². The fourth-order valence-corrected chi connectivity index (χ4v) is 3.74. The zero-order valence-corrected chi connectivity index (χ0v) is 14.8. The van der Waals surface area contributed by atoms with Gasteiger partial charge in [0, 0.05) is 34.6 Å². The number of nitrogens with zero attached hydrogens (tertiary/aromatic N) is 4. The van der Waals surface area contributed by atoms with Gasteiger partial charge in [0.15, 0.2) is 0 Å². The molecular formula is C20H14N4OS. The molecule has 0 aliphatic rings. The SMILES string of the molecule is C[C@H](c1ccc2ncccc2c1)c1noc2ncc(-c3cscn3)cc12. The molecule has 6 heteroatoms. The van der Waals surface area contributed by atoms with Crippen molar-refractivity contribution in [3.63, 3.8) is 0 Å².